The van der Waals surface area contributed by atoms with E-state index in [1.54, 1.807) is 18.2 Å². The van der Waals surface area contributed by atoms with Crippen LogP contribution in [-0.4, -0.2) is 35.2 Å². The number of benzene rings is 2. The molecule has 0 saturated carbocycles. The first kappa shape index (κ1) is 21.9. The molecule has 2 heterocycles. The molecule has 3 aromatic rings. The number of nitrogen functional groups attached to an aromatic ring is 1. The fraction of sp³-hybridized carbons (Fsp3) is 0.231. The summed E-state index contributed by atoms with van der Waals surface area (Å²) in [6, 6.07) is 14.8. The molecular formula is C26H26ClN3O2. The topological polar surface area (TPSA) is 79.2 Å². The van der Waals surface area contributed by atoms with Crippen LogP contribution in [0, 0.1) is 6.92 Å². The number of rotatable bonds is 5. The van der Waals surface area contributed by atoms with Crippen LogP contribution >= 0.6 is 11.6 Å². The highest BCUT2D eigenvalue weighted by Gasteiger charge is 2.22. The van der Waals surface area contributed by atoms with Gasteiger partial charge in [-0.1, -0.05) is 35.9 Å². The number of piperidine rings is 1. The molecule has 0 radical (unpaired) electrons. The number of carbonyl (C=O) groups excluding carboxylic acids is 2. The lowest BCUT2D eigenvalue weighted by molar-refractivity contribution is -0.103. The van der Waals surface area contributed by atoms with E-state index in [2.05, 4.69) is 4.98 Å². The zero-order valence-corrected chi connectivity index (χ0v) is 18.8. The molecule has 0 bridgehead atoms. The predicted octanol–water partition coefficient (Wildman–Crippen LogP) is 5.59. The van der Waals surface area contributed by atoms with Gasteiger partial charge in [0.05, 0.1) is 11.3 Å². The minimum atomic E-state index is -0.0124. The van der Waals surface area contributed by atoms with E-state index in [-0.39, 0.29) is 5.91 Å². The molecule has 6 heteroatoms. The monoisotopic (exact) mass is 447 g/mol. The van der Waals surface area contributed by atoms with Crippen LogP contribution in [0.5, 0.6) is 0 Å². The second-order valence-corrected chi connectivity index (χ2v) is 8.57. The number of halogens is 1. The molecule has 0 spiro atoms. The number of hydrogen-bond acceptors (Lipinski definition) is 3. The van der Waals surface area contributed by atoms with Gasteiger partial charge in [0, 0.05) is 40.6 Å². The molecule has 1 aromatic heterocycles. The van der Waals surface area contributed by atoms with E-state index in [0.29, 0.717) is 33.1 Å². The van der Waals surface area contributed by atoms with Crippen LogP contribution in [-0.2, 0) is 4.79 Å². The lowest BCUT2D eigenvalue weighted by Gasteiger charge is -2.26. The second-order valence-electron chi connectivity index (χ2n) is 8.13. The van der Waals surface area contributed by atoms with Crippen molar-refractivity contribution >= 4 is 41.1 Å². The average Bonchev–Trinajstić information content (AvgIpc) is 3.17. The summed E-state index contributed by atoms with van der Waals surface area (Å²) in [5.74, 6) is -0.0124. The Kier molecular flexibility index (Phi) is 6.47. The lowest BCUT2D eigenvalue weighted by atomic mass is 9.92. The number of H-pyrrole nitrogens is 1. The van der Waals surface area contributed by atoms with Crippen molar-refractivity contribution in [3.05, 3.63) is 76.1 Å². The Balaban J connectivity index is 1.80. The average molecular weight is 448 g/mol. The third-order valence-corrected chi connectivity index (χ3v) is 6.04. The maximum Gasteiger partial charge on any atom is 0.256 e. The zero-order chi connectivity index (χ0) is 22.7. The number of aromatic amines is 1. The highest BCUT2D eigenvalue weighted by molar-refractivity contribution is 6.31. The summed E-state index contributed by atoms with van der Waals surface area (Å²) in [6.07, 6.45) is 5.69. The summed E-state index contributed by atoms with van der Waals surface area (Å²) in [5.41, 5.74) is 11.5. The van der Waals surface area contributed by atoms with Crippen LogP contribution in [0.15, 0.2) is 48.5 Å². The van der Waals surface area contributed by atoms with Gasteiger partial charge in [-0.15, -0.1) is 0 Å². The number of aromatic nitrogens is 1. The fourth-order valence-corrected chi connectivity index (χ4v) is 4.47. The zero-order valence-electron chi connectivity index (χ0n) is 18.0. The van der Waals surface area contributed by atoms with Crippen LogP contribution in [0.4, 0.5) is 5.69 Å². The second kappa shape index (κ2) is 9.45. The van der Waals surface area contributed by atoms with E-state index >= 15 is 0 Å². The molecule has 3 N–H and O–H groups in total. The molecule has 1 aliphatic rings. The minimum Gasteiger partial charge on any atom is -0.398 e. The Labute approximate surface area is 192 Å². The van der Waals surface area contributed by atoms with Crippen molar-refractivity contribution in [1.82, 2.24) is 9.88 Å². The standard InChI is InChI=1S/C26H26ClN3O2/c1-17-13-22(26(32)30-11-3-2-4-12-30)24(29-17)15-19(16-31)25-21(9-6-10-23(25)28)18-7-5-8-20(27)14-18/h5-10,13-16,29H,2-4,11-12,28H2,1H3/b19-15+. The van der Waals surface area contributed by atoms with Crippen molar-refractivity contribution in [3.8, 4) is 11.1 Å². The largest absolute Gasteiger partial charge is 0.398 e. The van der Waals surface area contributed by atoms with Crippen LogP contribution in [0.2, 0.25) is 5.02 Å². The molecule has 4 rings (SSSR count). The van der Waals surface area contributed by atoms with Crippen molar-refractivity contribution in [2.24, 2.45) is 0 Å². The van der Waals surface area contributed by atoms with Gasteiger partial charge < -0.3 is 15.6 Å². The Hall–Kier alpha value is -3.31. The first-order valence-electron chi connectivity index (χ1n) is 10.8. The minimum absolute atomic E-state index is 0.0124. The molecule has 1 saturated heterocycles. The molecule has 1 amide bonds. The number of allylic oxidation sites excluding steroid dienone is 1. The first-order valence-corrected chi connectivity index (χ1v) is 11.2. The Morgan fingerprint density at radius 2 is 1.84 bits per heavy atom. The Bertz CT molecular complexity index is 1190. The van der Waals surface area contributed by atoms with Gasteiger partial charge in [0.25, 0.3) is 5.91 Å². The summed E-state index contributed by atoms with van der Waals surface area (Å²) >= 11 is 6.20. The Morgan fingerprint density at radius 1 is 1.09 bits per heavy atom. The maximum atomic E-state index is 13.2. The van der Waals surface area contributed by atoms with Crippen molar-refractivity contribution in [2.75, 3.05) is 18.8 Å². The van der Waals surface area contributed by atoms with Crippen LogP contribution in [0.3, 0.4) is 0 Å². The van der Waals surface area contributed by atoms with Crippen molar-refractivity contribution in [3.63, 3.8) is 0 Å². The number of anilines is 1. The van der Waals surface area contributed by atoms with Crippen LogP contribution in [0.25, 0.3) is 22.8 Å². The number of aryl methyl sites for hydroxylation is 1. The molecule has 164 valence electrons. The van der Waals surface area contributed by atoms with E-state index in [1.807, 2.05) is 48.2 Å². The maximum absolute atomic E-state index is 13.2. The summed E-state index contributed by atoms with van der Waals surface area (Å²) in [5, 5.41) is 0.599. The summed E-state index contributed by atoms with van der Waals surface area (Å²) < 4.78 is 0. The summed E-state index contributed by atoms with van der Waals surface area (Å²) in [4.78, 5) is 30.6. The Morgan fingerprint density at radius 3 is 2.56 bits per heavy atom. The van der Waals surface area contributed by atoms with Gasteiger partial charge in [0.2, 0.25) is 0 Å². The van der Waals surface area contributed by atoms with Crippen molar-refractivity contribution < 1.29 is 9.59 Å². The SMILES string of the molecule is Cc1cc(C(=O)N2CCCCC2)c(/C=C(\C=O)c2c(N)cccc2-c2cccc(Cl)c2)[nH]1. The number of hydrogen-bond donors (Lipinski definition) is 2. The summed E-state index contributed by atoms with van der Waals surface area (Å²) in [6.45, 7) is 3.42. The third-order valence-electron chi connectivity index (χ3n) is 5.80. The molecule has 1 fully saturated rings. The smallest absolute Gasteiger partial charge is 0.256 e. The van der Waals surface area contributed by atoms with E-state index < -0.39 is 0 Å². The van der Waals surface area contributed by atoms with E-state index in [4.69, 9.17) is 17.3 Å². The van der Waals surface area contributed by atoms with Gasteiger partial charge in [-0.05, 0) is 67.7 Å². The molecule has 32 heavy (non-hydrogen) atoms. The van der Waals surface area contributed by atoms with Crippen LogP contribution in [0.1, 0.15) is 46.6 Å². The highest BCUT2D eigenvalue weighted by Crippen LogP contribution is 2.35. The van der Waals surface area contributed by atoms with E-state index in [1.165, 1.54) is 0 Å². The molecule has 0 aliphatic carbocycles. The lowest BCUT2D eigenvalue weighted by Crippen LogP contribution is -2.35. The van der Waals surface area contributed by atoms with Gasteiger partial charge in [0.1, 0.15) is 0 Å². The molecule has 0 unspecified atom stereocenters. The van der Waals surface area contributed by atoms with Crippen LogP contribution < -0.4 is 5.73 Å². The number of amides is 1. The summed E-state index contributed by atoms with van der Waals surface area (Å²) in [7, 11) is 0. The number of nitrogens with two attached hydrogens (primary N) is 1. The molecule has 2 aromatic carbocycles. The van der Waals surface area contributed by atoms with Gasteiger partial charge >= 0.3 is 0 Å². The number of likely N-dealkylation sites (tertiary alicyclic amines) is 1. The van der Waals surface area contributed by atoms with E-state index in [0.717, 1.165) is 55.5 Å². The predicted molar refractivity (Wildman–Crippen MR) is 131 cm³/mol. The van der Waals surface area contributed by atoms with Gasteiger partial charge in [-0.25, -0.2) is 0 Å². The third kappa shape index (κ3) is 4.48. The van der Waals surface area contributed by atoms with Gasteiger partial charge in [-0.3, -0.25) is 9.59 Å². The molecule has 5 nitrogen and oxygen atoms in total. The normalized spacial score (nSPS) is 14.4. The number of aldehydes is 1. The van der Waals surface area contributed by atoms with E-state index in [9.17, 15) is 9.59 Å². The van der Waals surface area contributed by atoms with Gasteiger partial charge in [0.15, 0.2) is 6.29 Å². The molecular weight excluding hydrogens is 422 g/mol. The highest BCUT2D eigenvalue weighted by atomic mass is 35.5. The first-order chi connectivity index (χ1) is 15.5. The number of nitrogens with one attached hydrogen (secondary N) is 1. The quantitative estimate of drug-likeness (QED) is 0.304. The number of carbonyl (C=O) groups is 2. The van der Waals surface area contributed by atoms with Crippen molar-refractivity contribution in [2.45, 2.75) is 26.2 Å². The fourth-order valence-electron chi connectivity index (χ4n) is 4.28. The van der Waals surface area contributed by atoms with Gasteiger partial charge in [-0.2, -0.15) is 0 Å². The molecule has 0 atom stereocenters. The number of nitrogens with zero attached hydrogens (tertiary/aromatic N) is 1. The molecule has 1 aliphatic heterocycles. The van der Waals surface area contributed by atoms with Crippen molar-refractivity contribution in [1.29, 1.82) is 0 Å².